The molecule has 1 saturated heterocycles. The number of aryl methyl sites for hydroxylation is 1. The Balaban J connectivity index is 1.28. The molecule has 160 valence electrons. The SMILES string of the molecule is Cc1ccc(N2CC(C(=O)Nc3nnc(SCC(=O)Nc4nccs4)s3)CC2=O)cc1. The van der Waals surface area contributed by atoms with Crippen molar-refractivity contribution in [3.05, 3.63) is 41.4 Å². The molecule has 0 radical (unpaired) electrons. The molecular weight excluding hydrogens is 456 g/mol. The van der Waals surface area contributed by atoms with Gasteiger partial charge in [0.1, 0.15) is 0 Å². The van der Waals surface area contributed by atoms with E-state index < -0.39 is 5.92 Å². The van der Waals surface area contributed by atoms with Crippen LogP contribution in [-0.2, 0) is 14.4 Å². The van der Waals surface area contributed by atoms with Crippen LogP contribution >= 0.6 is 34.4 Å². The first-order valence-electron chi connectivity index (χ1n) is 9.31. The lowest BCUT2D eigenvalue weighted by atomic mass is 10.1. The Kier molecular flexibility index (Phi) is 6.59. The van der Waals surface area contributed by atoms with Gasteiger partial charge in [0.25, 0.3) is 0 Å². The first-order valence-corrected chi connectivity index (χ1v) is 12.0. The molecule has 9 nitrogen and oxygen atoms in total. The zero-order chi connectivity index (χ0) is 21.8. The van der Waals surface area contributed by atoms with Gasteiger partial charge >= 0.3 is 0 Å². The largest absolute Gasteiger partial charge is 0.312 e. The molecule has 1 aliphatic heterocycles. The number of nitrogens with one attached hydrogen (secondary N) is 2. The van der Waals surface area contributed by atoms with Gasteiger partial charge in [0, 0.05) is 30.2 Å². The van der Waals surface area contributed by atoms with Crippen LogP contribution in [0.3, 0.4) is 0 Å². The molecule has 2 aromatic heterocycles. The standard InChI is InChI=1S/C19H18N6O3S3/c1-11-2-4-13(5-3-11)25-9-12(8-15(25)27)16(28)22-18-23-24-19(31-18)30-10-14(26)21-17-20-6-7-29-17/h2-7,12H,8-10H2,1H3,(H,20,21,26)(H,22,23,28). The highest BCUT2D eigenvalue weighted by atomic mass is 32.2. The van der Waals surface area contributed by atoms with Crippen LogP contribution in [-0.4, -0.2) is 45.2 Å². The van der Waals surface area contributed by atoms with Gasteiger partial charge in [-0.2, -0.15) is 0 Å². The number of hydrogen-bond donors (Lipinski definition) is 2. The molecule has 2 N–H and O–H groups in total. The predicted octanol–water partition coefficient (Wildman–Crippen LogP) is 3.03. The van der Waals surface area contributed by atoms with Crippen molar-refractivity contribution in [2.75, 3.05) is 27.8 Å². The summed E-state index contributed by atoms with van der Waals surface area (Å²) in [5, 5.41) is 16.0. The molecule has 1 aromatic carbocycles. The molecule has 12 heteroatoms. The lowest BCUT2D eigenvalue weighted by Crippen LogP contribution is -2.28. The first kappa shape index (κ1) is 21.4. The number of amides is 3. The summed E-state index contributed by atoms with van der Waals surface area (Å²) < 4.78 is 0.563. The van der Waals surface area contributed by atoms with Gasteiger partial charge in [-0.3, -0.25) is 14.4 Å². The topological polar surface area (TPSA) is 117 Å². The van der Waals surface area contributed by atoms with Crippen molar-refractivity contribution in [1.82, 2.24) is 15.2 Å². The highest BCUT2D eigenvalue weighted by Gasteiger charge is 2.35. The van der Waals surface area contributed by atoms with E-state index in [-0.39, 0.29) is 29.9 Å². The van der Waals surface area contributed by atoms with Crippen LogP contribution in [0.5, 0.6) is 0 Å². The lowest BCUT2D eigenvalue weighted by Gasteiger charge is -2.16. The van der Waals surface area contributed by atoms with Crippen molar-refractivity contribution in [3.8, 4) is 0 Å². The summed E-state index contributed by atoms with van der Waals surface area (Å²) in [5.74, 6) is -0.842. The maximum absolute atomic E-state index is 12.6. The monoisotopic (exact) mass is 474 g/mol. The summed E-state index contributed by atoms with van der Waals surface area (Å²) >= 11 is 3.76. The molecule has 4 rings (SSSR count). The number of hydrogen-bond acceptors (Lipinski definition) is 9. The van der Waals surface area contributed by atoms with Crippen molar-refractivity contribution in [1.29, 1.82) is 0 Å². The molecule has 0 spiro atoms. The van der Waals surface area contributed by atoms with E-state index >= 15 is 0 Å². The van der Waals surface area contributed by atoms with Gasteiger partial charge in [0.15, 0.2) is 9.47 Å². The van der Waals surface area contributed by atoms with E-state index in [1.165, 1.54) is 34.4 Å². The molecule has 0 saturated carbocycles. The van der Waals surface area contributed by atoms with Gasteiger partial charge in [-0.25, -0.2) is 4.98 Å². The van der Waals surface area contributed by atoms with Gasteiger partial charge in [-0.1, -0.05) is 40.8 Å². The smallest absolute Gasteiger partial charge is 0.236 e. The highest BCUT2D eigenvalue weighted by molar-refractivity contribution is 8.01. The van der Waals surface area contributed by atoms with E-state index in [1.54, 1.807) is 16.5 Å². The summed E-state index contributed by atoms with van der Waals surface area (Å²) in [5.41, 5.74) is 1.90. The molecular formula is C19H18N6O3S3. The molecule has 3 heterocycles. The zero-order valence-electron chi connectivity index (χ0n) is 16.4. The number of thioether (sulfide) groups is 1. The van der Waals surface area contributed by atoms with Crippen LogP contribution in [0.15, 0.2) is 40.2 Å². The van der Waals surface area contributed by atoms with Crippen molar-refractivity contribution < 1.29 is 14.4 Å². The minimum atomic E-state index is -0.460. The van der Waals surface area contributed by atoms with Crippen LogP contribution in [0.4, 0.5) is 16.0 Å². The average molecular weight is 475 g/mol. The lowest BCUT2D eigenvalue weighted by molar-refractivity contribution is -0.122. The van der Waals surface area contributed by atoms with E-state index in [4.69, 9.17) is 0 Å². The summed E-state index contributed by atoms with van der Waals surface area (Å²) in [6.45, 7) is 2.30. The van der Waals surface area contributed by atoms with E-state index in [0.717, 1.165) is 11.3 Å². The molecule has 1 unspecified atom stereocenters. The van der Waals surface area contributed by atoms with E-state index in [1.807, 2.05) is 31.2 Å². The maximum Gasteiger partial charge on any atom is 0.236 e. The average Bonchev–Trinajstić information content (AvgIpc) is 3.49. The van der Waals surface area contributed by atoms with Gasteiger partial charge in [-0.15, -0.1) is 21.5 Å². The Bertz CT molecular complexity index is 1080. The van der Waals surface area contributed by atoms with Crippen LogP contribution in [0.2, 0.25) is 0 Å². The maximum atomic E-state index is 12.6. The van der Waals surface area contributed by atoms with E-state index in [9.17, 15) is 14.4 Å². The third-order valence-corrected chi connectivity index (χ3v) is 7.14. The first-order chi connectivity index (χ1) is 15.0. The van der Waals surface area contributed by atoms with Crippen molar-refractivity contribution >= 4 is 68.1 Å². The molecule has 1 atom stereocenters. The minimum Gasteiger partial charge on any atom is -0.312 e. The number of anilines is 3. The summed E-state index contributed by atoms with van der Waals surface area (Å²) in [6, 6.07) is 7.64. The number of aromatic nitrogens is 3. The van der Waals surface area contributed by atoms with Crippen LogP contribution in [0.25, 0.3) is 0 Å². The van der Waals surface area contributed by atoms with Gasteiger partial charge in [-0.05, 0) is 19.1 Å². The second-order valence-corrected chi connectivity index (χ2v) is 9.87. The Morgan fingerprint density at radius 1 is 1.19 bits per heavy atom. The Labute approximate surface area is 190 Å². The number of carbonyl (C=O) groups is 3. The van der Waals surface area contributed by atoms with E-state index in [2.05, 4.69) is 25.8 Å². The van der Waals surface area contributed by atoms with Crippen molar-refractivity contribution in [2.24, 2.45) is 5.92 Å². The fourth-order valence-electron chi connectivity index (χ4n) is 2.95. The summed E-state index contributed by atoms with van der Waals surface area (Å²) in [4.78, 5) is 42.5. The number of benzene rings is 1. The second-order valence-electron chi connectivity index (χ2n) is 6.78. The molecule has 3 amide bonds. The Morgan fingerprint density at radius 2 is 2.00 bits per heavy atom. The molecule has 0 bridgehead atoms. The summed E-state index contributed by atoms with van der Waals surface area (Å²) in [6.07, 6.45) is 1.77. The third-order valence-electron chi connectivity index (χ3n) is 4.48. The molecule has 1 aliphatic rings. The number of nitrogens with zero attached hydrogens (tertiary/aromatic N) is 4. The normalized spacial score (nSPS) is 15.8. The second kappa shape index (κ2) is 9.54. The van der Waals surface area contributed by atoms with Crippen molar-refractivity contribution in [3.63, 3.8) is 0 Å². The zero-order valence-corrected chi connectivity index (χ0v) is 18.9. The minimum absolute atomic E-state index is 0.0799. The number of thiazole rings is 1. The highest BCUT2D eigenvalue weighted by Crippen LogP contribution is 2.29. The van der Waals surface area contributed by atoms with Crippen molar-refractivity contribution in [2.45, 2.75) is 17.7 Å². The van der Waals surface area contributed by atoms with Crippen LogP contribution in [0, 0.1) is 12.8 Å². The number of carbonyl (C=O) groups excluding carboxylic acids is 3. The van der Waals surface area contributed by atoms with Crippen LogP contribution < -0.4 is 15.5 Å². The van der Waals surface area contributed by atoms with Gasteiger partial charge < -0.3 is 15.5 Å². The molecule has 0 aliphatic carbocycles. The molecule has 3 aromatic rings. The fraction of sp³-hybridized carbons (Fsp3) is 0.263. The number of rotatable bonds is 7. The summed E-state index contributed by atoms with van der Waals surface area (Å²) in [7, 11) is 0. The van der Waals surface area contributed by atoms with Gasteiger partial charge in [0.2, 0.25) is 22.9 Å². The molecule has 1 fully saturated rings. The van der Waals surface area contributed by atoms with E-state index in [0.29, 0.717) is 21.1 Å². The third kappa shape index (κ3) is 5.46. The van der Waals surface area contributed by atoms with Crippen LogP contribution in [0.1, 0.15) is 12.0 Å². The van der Waals surface area contributed by atoms with Gasteiger partial charge in [0.05, 0.1) is 11.7 Å². The predicted molar refractivity (Wildman–Crippen MR) is 122 cm³/mol. The quantitative estimate of drug-likeness (QED) is 0.399. The Morgan fingerprint density at radius 3 is 2.74 bits per heavy atom. The molecule has 31 heavy (non-hydrogen) atoms. The fourth-order valence-corrected chi connectivity index (χ4v) is 5.05. The Hall–Kier alpha value is -2.83.